The van der Waals surface area contributed by atoms with Gasteiger partial charge in [-0.15, -0.1) is 0 Å². The number of fused-ring (bicyclic) bond motifs is 1. The summed E-state index contributed by atoms with van der Waals surface area (Å²) < 4.78 is 1.95. The third-order valence-electron chi connectivity index (χ3n) is 4.40. The fourth-order valence-corrected chi connectivity index (χ4v) is 3.04. The van der Waals surface area contributed by atoms with Crippen LogP contribution in [0.25, 0.3) is 10.9 Å². The molecule has 1 saturated carbocycles. The van der Waals surface area contributed by atoms with Crippen LogP contribution < -0.4 is 10.6 Å². The van der Waals surface area contributed by atoms with E-state index in [9.17, 15) is 14.7 Å². The standard InChI is InChI=1S/C17H21N3O3/c1-20-9-8-11-6-7-12(10-14(11)20)18-16(22)17(23)19-13-4-2-3-5-15(13)21/h6-10,13,15,21H,2-5H2,1H3,(H,18,22)(H,19,23). The number of hydrogen-bond donors (Lipinski definition) is 3. The summed E-state index contributed by atoms with van der Waals surface area (Å²) in [7, 11) is 1.92. The maximum Gasteiger partial charge on any atom is 0.313 e. The van der Waals surface area contributed by atoms with Crippen molar-refractivity contribution in [2.24, 2.45) is 7.05 Å². The van der Waals surface area contributed by atoms with Crippen LogP contribution in [0.3, 0.4) is 0 Å². The molecule has 6 heteroatoms. The van der Waals surface area contributed by atoms with Gasteiger partial charge < -0.3 is 20.3 Å². The van der Waals surface area contributed by atoms with Gasteiger partial charge in [0.05, 0.1) is 12.1 Å². The van der Waals surface area contributed by atoms with Crippen molar-refractivity contribution < 1.29 is 14.7 Å². The lowest BCUT2D eigenvalue weighted by molar-refractivity contribution is -0.137. The molecule has 2 amide bonds. The SMILES string of the molecule is Cn1ccc2ccc(NC(=O)C(=O)NC3CCCCC3O)cc21. The molecule has 1 aliphatic carbocycles. The monoisotopic (exact) mass is 315 g/mol. The van der Waals surface area contributed by atoms with Crippen molar-refractivity contribution in [3.8, 4) is 0 Å². The average Bonchev–Trinajstić information content (AvgIpc) is 2.90. The number of aliphatic hydroxyl groups excluding tert-OH is 1. The highest BCUT2D eigenvalue weighted by Gasteiger charge is 2.26. The van der Waals surface area contributed by atoms with Gasteiger partial charge in [0.2, 0.25) is 0 Å². The third-order valence-corrected chi connectivity index (χ3v) is 4.40. The third kappa shape index (κ3) is 3.37. The molecule has 1 aromatic carbocycles. The number of aryl methyl sites for hydroxylation is 1. The Balaban J connectivity index is 1.65. The lowest BCUT2D eigenvalue weighted by Crippen LogP contribution is -2.48. The number of aromatic nitrogens is 1. The number of amides is 2. The van der Waals surface area contributed by atoms with Crippen LogP contribution in [0.2, 0.25) is 0 Å². The van der Waals surface area contributed by atoms with E-state index < -0.39 is 17.9 Å². The Morgan fingerprint density at radius 3 is 2.74 bits per heavy atom. The van der Waals surface area contributed by atoms with E-state index >= 15 is 0 Å². The number of carbonyl (C=O) groups excluding carboxylic acids is 2. The molecule has 0 bridgehead atoms. The molecule has 0 radical (unpaired) electrons. The zero-order chi connectivity index (χ0) is 16.4. The fraction of sp³-hybridized carbons (Fsp3) is 0.412. The van der Waals surface area contributed by atoms with Crippen molar-refractivity contribution in [1.29, 1.82) is 0 Å². The van der Waals surface area contributed by atoms with Gasteiger partial charge in [-0.2, -0.15) is 0 Å². The molecule has 1 aliphatic rings. The van der Waals surface area contributed by atoms with E-state index in [1.165, 1.54) is 0 Å². The molecule has 0 saturated heterocycles. The molecule has 2 aromatic rings. The van der Waals surface area contributed by atoms with E-state index in [1.807, 2.05) is 36.0 Å². The molecule has 2 atom stereocenters. The Morgan fingerprint density at radius 1 is 1.17 bits per heavy atom. The molecule has 1 fully saturated rings. The Morgan fingerprint density at radius 2 is 1.96 bits per heavy atom. The summed E-state index contributed by atoms with van der Waals surface area (Å²) in [6.07, 6.45) is 4.64. The second-order valence-electron chi connectivity index (χ2n) is 6.09. The van der Waals surface area contributed by atoms with Crippen LogP contribution in [-0.2, 0) is 16.6 Å². The largest absolute Gasteiger partial charge is 0.391 e. The predicted octanol–water partition coefficient (Wildman–Crippen LogP) is 1.54. The van der Waals surface area contributed by atoms with Crippen LogP contribution in [0.15, 0.2) is 30.5 Å². The zero-order valence-electron chi connectivity index (χ0n) is 13.1. The van der Waals surface area contributed by atoms with Gasteiger partial charge in [-0.1, -0.05) is 18.9 Å². The highest BCUT2D eigenvalue weighted by Crippen LogP contribution is 2.20. The van der Waals surface area contributed by atoms with Gasteiger partial charge in [-0.25, -0.2) is 0 Å². The Labute approximate surface area is 134 Å². The molecule has 122 valence electrons. The van der Waals surface area contributed by atoms with Crippen molar-refractivity contribution in [1.82, 2.24) is 9.88 Å². The summed E-state index contributed by atoms with van der Waals surface area (Å²) in [5.74, 6) is -1.42. The molecule has 6 nitrogen and oxygen atoms in total. The Bertz CT molecular complexity index is 738. The number of nitrogens with one attached hydrogen (secondary N) is 2. The number of rotatable bonds is 2. The first-order valence-corrected chi connectivity index (χ1v) is 7.89. The van der Waals surface area contributed by atoms with Gasteiger partial charge in [0.1, 0.15) is 0 Å². The highest BCUT2D eigenvalue weighted by molar-refractivity contribution is 6.39. The van der Waals surface area contributed by atoms with Gasteiger partial charge in [0, 0.05) is 24.4 Å². The van der Waals surface area contributed by atoms with Crippen molar-refractivity contribution in [3.05, 3.63) is 30.5 Å². The zero-order valence-corrected chi connectivity index (χ0v) is 13.1. The summed E-state index contributed by atoms with van der Waals surface area (Å²) >= 11 is 0. The minimum atomic E-state index is -0.712. The van der Waals surface area contributed by atoms with E-state index in [2.05, 4.69) is 10.6 Å². The number of aliphatic hydroxyl groups is 1. The van der Waals surface area contributed by atoms with Crippen LogP contribution in [0.1, 0.15) is 25.7 Å². The molecule has 1 heterocycles. The Kier molecular flexibility index (Phi) is 4.34. The molecule has 2 unspecified atom stereocenters. The molecule has 3 rings (SSSR count). The van der Waals surface area contributed by atoms with Crippen LogP contribution in [0, 0.1) is 0 Å². The van der Waals surface area contributed by atoms with E-state index in [0.717, 1.165) is 23.7 Å². The topological polar surface area (TPSA) is 83.4 Å². The smallest absolute Gasteiger partial charge is 0.313 e. The van der Waals surface area contributed by atoms with Gasteiger partial charge in [0.15, 0.2) is 0 Å². The average molecular weight is 315 g/mol. The first kappa shape index (κ1) is 15.6. The van der Waals surface area contributed by atoms with Crippen LogP contribution in [-0.4, -0.2) is 33.6 Å². The number of hydrogen-bond acceptors (Lipinski definition) is 3. The van der Waals surface area contributed by atoms with E-state index in [1.54, 1.807) is 6.07 Å². The van der Waals surface area contributed by atoms with Gasteiger partial charge in [-0.3, -0.25) is 9.59 Å². The summed E-state index contributed by atoms with van der Waals surface area (Å²) in [6, 6.07) is 7.14. The number of benzene rings is 1. The van der Waals surface area contributed by atoms with E-state index in [0.29, 0.717) is 18.5 Å². The molecule has 3 N–H and O–H groups in total. The summed E-state index contributed by atoms with van der Waals surface area (Å²) in [5.41, 5.74) is 1.55. The Hall–Kier alpha value is -2.34. The minimum absolute atomic E-state index is 0.336. The molecular formula is C17H21N3O3. The molecule has 0 spiro atoms. The minimum Gasteiger partial charge on any atom is -0.391 e. The quantitative estimate of drug-likeness (QED) is 0.735. The predicted molar refractivity (Wildman–Crippen MR) is 88.0 cm³/mol. The van der Waals surface area contributed by atoms with E-state index in [-0.39, 0.29) is 6.04 Å². The van der Waals surface area contributed by atoms with Gasteiger partial charge in [0.25, 0.3) is 0 Å². The molecule has 1 aromatic heterocycles. The molecule has 23 heavy (non-hydrogen) atoms. The second-order valence-corrected chi connectivity index (χ2v) is 6.09. The first-order valence-electron chi connectivity index (χ1n) is 7.89. The summed E-state index contributed by atoms with van der Waals surface area (Å²) in [5, 5.41) is 16.2. The lowest BCUT2D eigenvalue weighted by Gasteiger charge is -2.27. The van der Waals surface area contributed by atoms with Crippen molar-refractivity contribution in [3.63, 3.8) is 0 Å². The van der Waals surface area contributed by atoms with E-state index in [4.69, 9.17) is 0 Å². The number of nitrogens with zero attached hydrogens (tertiary/aromatic N) is 1. The highest BCUT2D eigenvalue weighted by atomic mass is 16.3. The normalized spacial score (nSPS) is 21.1. The van der Waals surface area contributed by atoms with Crippen LogP contribution in [0.5, 0.6) is 0 Å². The van der Waals surface area contributed by atoms with Crippen molar-refractivity contribution in [2.75, 3.05) is 5.32 Å². The molecule has 0 aliphatic heterocycles. The summed E-state index contributed by atoms with van der Waals surface area (Å²) in [4.78, 5) is 24.0. The fourth-order valence-electron chi connectivity index (χ4n) is 3.04. The van der Waals surface area contributed by atoms with Crippen LogP contribution >= 0.6 is 0 Å². The summed E-state index contributed by atoms with van der Waals surface area (Å²) in [6.45, 7) is 0. The lowest BCUT2D eigenvalue weighted by atomic mass is 9.92. The maximum atomic E-state index is 12.0. The van der Waals surface area contributed by atoms with Crippen molar-refractivity contribution >= 4 is 28.4 Å². The first-order chi connectivity index (χ1) is 11.0. The number of carbonyl (C=O) groups is 2. The van der Waals surface area contributed by atoms with Crippen LogP contribution in [0.4, 0.5) is 5.69 Å². The van der Waals surface area contributed by atoms with Crippen molar-refractivity contribution in [2.45, 2.75) is 37.8 Å². The van der Waals surface area contributed by atoms with Gasteiger partial charge in [-0.05, 0) is 36.4 Å². The number of anilines is 1. The maximum absolute atomic E-state index is 12.0. The second kappa shape index (κ2) is 6.42. The van der Waals surface area contributed by atoms with Gasteiger partial charge >= 0.3 is 11.8 Å². The molecular weight excluding hydrogens is 294 g/mol.